The second kappa shape index (κ2) is 5.33. The van der Waals surface area contributed by atoms with Crippen molar-refractivity contribution in [2.45, 2.75) is 30.9 Å². The first-order valence-corrected chi connectivity index (χ1v) is 8.84. The fourth-order valence-electron chi connectivity index (χ4n) is 3.24. The number of hydrogen-bond donors (Lipinski definition) is 1. The first-order valence-electron chi connectivity index (χ1n) is 6.19. The molecule has 0 aliphatic heterocycles. The minimum absolute atomic E-state index is 0.101. The van der Waals surface area contributed by atoms with Crippen LogP contribution in [-0.4, -0.2) is 29.7 Å². The second-order valence-electron chi connectivity index (χ2n) is 5.18. The Morgan fingerprint density at radius 2 is 2.06 bits per heavy atom. The van der Waals surface area contributed by atoms with Crippen LogP contribution in [0.1, 0.15) is 25.7 Å². The molecule has 0 saturated heterocycles. The third-order valence-electron chi connectivity index (χ3n) is 4.03. The summed E-state index contributed by atoms with van der Waals surface area (Å²) in [7, 11) is -3.77. The molecule has 0 amide bonds. The van der Waals surface area contributed by atoms with Gasteiger partial charge in [0.1, 0.15) is 0 Å². The smallest absolute Gasteiger partial charge is 0.264 e. The molecule has 0 spiro atoms. The summed E-state index contributed by atoms with van der Waals surface area (Å²) in [5.41, 5.74) is 0. The van der Waals surface area contributed by atoms with Crippen LogP contribution in [0.25, 0.3) is 0 Å². The molecule has 2 bridgehead atoms. The summed E-state index contributed by atoms with van der Waals surface area (Å²) in [6.07, 6.45) is 6.51. The van der Waals surface area contributed by atoms with Crippen LogP contribution in [0.2, 0.25) is 0 Å². The number of fused-ring (bicyclic) bond motifs is 2. The highest BCUT2D eigenvalue weighted by Gasteiger charge is 2.44. The van der Waals surface area contributed by atoms with Crippen molar-refractivity contribution in [2.24, 2.45) is 17.8 Å². The Morgan fingerprint density at radius 3 is 2.59 bits per heavy atom. The highest BCUT2D eigenvalue weighted by Crippen LogP contribution is 2.52. The SMILES string of the molecule is C=C[C@H]1C[C@H]2C[C@@H]1C[C@@H]2SCCCS(=O)(=O)O. The molecule has 17 heavy (non-hydrogen) atoms. The van der Waals surface area contributed by atoms with E-state index in [1.54, 1.807) is 0 Å². The van der Waals surface area contributed by atoms with E-state index in [9.17, 15) is 8.42 Å². The minimum Gasteiger partial charge on any atom is -0.286 e. The van der Waals surface area contributed by atoms with Gasteiger partial charge in [0.2, 0.25) is 0 Å². The van der Waals surface area contributed by atoms with Gasteiger partial charge in [0.05, 0.1) is 5.75 Å². The molecule has 2 aliphatic carbocycles. The molecular formula is C12H20O3S2. The van der Waals surface area contributed by atoms with E-state index in [0.717, 1.165) is 23.5 Å². The molecule has 0 aromatic rings. The molecule has 3 nitrogen and oxygen atoms in total. The van der Waals surface area contributed by atoms with Crippen molar-refractivity contribution < 1.29 is 13.0 Å². The molecule has 0 radical (unpaired) electrons. The Hall–Kier alpha value is -0.0000000000000000763. The van der Waals surface area contributed by atoms with E-state index in [2.05, 4.69) is 12.7 Å². The van der Waals surface area contributed by atoms with Crippen molar-refractivity contribution in [3.8, 4) is 0 Å². The number of allylic oxidation sites excluding steroid dienone is 1. The van der Waals surface area contributed by atoms with E-state index in [1.165, 1.54) is 19.3 Å². The van der Waals surface area contributed by atoms with Crippen molar-refractivity contribution in [2.75, 3.05) is 11.5 Å². The lowest BCUT2D eigenvalue weighted by molar-refractivity contribution is 0.403. The fourth-order valence-corrected chi connectivity index (χ4v) is 5.42. The lowest BCUT2D eigenvalue weighted by Crippen LogP contribution is -2.19. The van der Waals surface area contributed by atoms with Crippen molar-refractivity contribution in [1.29, 1.82) is 0 Å². The van der Waals surface area contributed by atoms with Crippen molar-refractivity contribution in [1.82, 2.24) is 0 Å². The van der Waals surface area contributed by atoms with E-state index in [-0.39, 0.29) is 5.75 Å². The van der Waals surface area contributed by atoms with Gasteiger partial charge < -0.3 is 0 Å². The molecule has 0 aromatic carbocycles. The topological polar surface area (TPSA) is 54.4 Å². The molecule has 2 saturated carbocycles. The predicted octanol–water partition coefficient (Wildman–Crippen LogP) is 2.60. The standard InChI is InChI=1S/C12H20O3S2/c1-2-9-6-11-7-10(9)8-12(11)16-4-3-5-17(13,14)15/h2,9-12H,1,3-8H2,(H,13,14,15)/t9-,10+,11-,12-/m0/s1. The zero-order chi connectivity index (χ0) is 12.5. The van der Waals surface area contributed by atoms with E-state index in [4.69, 9.17) is 4.55 Å². The van der Waals surface area contributed by atoms with Crippen molar-refractivity contribution >= 4 is 21.9 Å². The van der Waals surface area contributed by atoms with Gasteiger partial charge in [-0.2, -0.15) is 20.2 Å². The van der Waals surface area contributed by atoms with E-state index in [0.29, 0.717) is 11.7 Å². The van der Waals surface area contributed by atoms with Gasteiger partial charge in [-0.1, -0.05) is 6.08 Å². The predicted molar refractivity (Wildman–Crippen MR) is 71.8 cm³/mol. The van der Waals surface area contributed by atoms with Crippen LogP contribution in [0, 0.1) is 17.8 Å². The zero-order valence-corrected chi connectivity index (χ0v) is 11.5. The van der Waals surface area contributed by atoms with Crippen molar-refractivity contribution in [3.63, 3.8) is 0 Å². The Labute approximate surface area is 108 Å². The van der Waals surface area contributed by atoms with E-state index >= 15 is 0 Å². The summed E-state index contributed by atoms with van der Waals surface area (Å²) in [5, 5.41) is 0.706. The first-order chi connectivity index (χ1) is 7.99. The molecule has 5 heteroatoms. The largest absolute Gasteiger partial charge is 0.286 e. The first kappa shape index (κ1) is 13.4. The van der Waals surface area contributed by atoms with Gasteiger partial charge in [0.15, 0.2) is 0 Å². The fraction of sp³-hybridized carbons (Fsp3) is 0.833. The van der Waals surface area contributed by atoms with Crippen molar-refractivity contribution in [3.05, 3.63) is 12.7 Å². The Kier molecular flexibility index (Phi) is 4.21. The maximum absolute atomic E-state index is 10.6. The van der Waals surface area contributed by atoms with Crippen LogP contribution in [-0.2, 0) is 10.1 Å². The van der Waals surface area contributed by atoms with Gasteiger partial charge in [0.25, 0.3) is 10.1 Å². The van der Waals surface area contributed by atoms with Gasteiger partial charge in [0, 0.05) is 5.25 Å². The molecule has 0 heterocycles. The van der Waals surface area contributed by atoms with Crippen LogP contribution in [0.3, 0.4) is 0 Å². The molecule has 2 rings (SSSR count). The molecule has 98 valence electrons. The van der Waals surface area contributed by atoms with Crippen LogP contribution < -0.4 is 0 Å². The van der Waals surface area contributed by atoms with E-state index < -0.39 is 10.1 Å². The molecule has 2 fully saturated rings. The van der Waals surface area contributed by atoms with E-state index in [1.807, 2.05) is 11.8 Å². The third-order valence-corrected chi connectivity index (χ3v) is 6.36. The summed E-state index contributed by atoms with van der Waals surface area (Å²) in [6.45, 7) is 3.89. The zero-order valence-electron chi connectivity index (χ0n) is 9.92. The number of thioether (sulfide) groups is 1. The molecule has 0 aromatic heterocycles. The normalized spacial score (nSPS) is 36.3. The average molecular weight is 276 g/mol. The van der Waals surface area contributed by atoms with Crippen LogP contribution >= 0.6 is 11.8 Å². The summed E-state index contributed by atoms with van der Waals surface area (Å²) >= 11 is 1.89. The molecule has 2 aliphatic rings. The second-order valence-corrected chi connectivity index (χ2v) is 8.09. The van der Waals surface area contributed by atoms with Crippen LogP contribution in [0.15, 0.2) is 12.7 Å². The Morgan fingerprint density at radius 1 is 1.29 bits per heavy atom. The summed E-state index contributed by atoms with van der Waals surface area (Å²) in [5.74, 6) is 3.08. The molecule has 4 atom stereocenters. The van der Waals surface area contributed by atoms with Gasteiger partial charge in [-0.3, -0.25) is 4.55 Å². The Balaban J connectivity index is 1.68. The summed E-state index contributed by atoms with van der Waals surface area (Å²) in [6, 6.07) is 0. The lowest BCUT2D eigenvalue weighted by atomic mass is 9.89. The van der Waals surface area contributed by atoms with Gasteiger partial charge >= 0.3 is 0 Å². The highest BCUT2D eigenvalue weighted by atomic mass is 32.2. The monoisotopic (exact) mass is 276 g/mol. The molecule has 0 unspecified atom stereocenters. The highest BCUT2D eigenvalue weighted by molar-refractivity contribution is 7.99. The Bertz CT molecular complexity index is 377. The lowest BCUT2D eigenvalue weighted by Gasteiger charge is -2.25. The van der Waals surface area contributed by atoms with Crippen LogP contribution in [0.5, 0.6) is 0 Å². The van der Waals surface area contributed by atoms with Gasteiger partial charge in [-0.25, -0.2) is 0 Å². The third kappa shape index (κ3) is 3.48. The van der Waals surface area contributed by atoms with Gasteiger partial charge in [-0.15, -0.1) is 6.58 Å². The average Bonchev–Trinajstić information content (AvgIpc) is 2.81. The number of hydrogen-bond acceptors (Lipinski definition) is 3. The summed E-state index contributed by atoms with van der Waals surface area (Å²) < 4.78 is 29.8. The maximum atomic E-state index is 10.6. The molecular weight excluding hydrogens is 256 g/mol. The number of rotatable bonds is 6. The molecule has 1 N–H and O–H groups in total. The maximum Gasteiger partial charge on any atom is 0.264 e. The van der Waals surface area contributed by atoms with Gasteiger partial charge in [-0.05, 0) is 49.2 Å². The summed E-state index contributed by atoms with van der Waals surface area (Å²) in [4.78, 5) is 0. The van der Waals surface area contributed by atoms with Crippen LogP contribution in [0.4, 0.5) is 0 Å². The quantitative estimate of drug-likeness (QED) is 0.460. The minimum atomic E-state index is -3.77.